The quantitative estimate of drug-likeness (QED) is 0.167. The molecule has 2 aliphatic carbocycles. The normalized spacial score (nSPS) is 14.0. The van der Waals surface area contributed by atoms with E-state index in [0.29, 0.717) is 0 Å². The van der Waals surface area contributed by atoms with Gasteiger partial charge in [0.1, 0.15) is 22.3 Å². The summed E-state index contributed by atoms with van der Waals surface area (Å²) in [7, 11) is 0. The zero-order chi connectivity index (χ0) is 46.2. The number of anilines is 3. The first-order chi connectivity index (χ1) is 33.7. The first-order valence-corrected chi connectivity index (χ1v) is 24.1. The van der Waals surface area contributed by atoms with Crippen LogP contribution in [0.2, 0.25) is 0 Å². The van der Waals surface area contributed by atoms with Crippen LogP contribution in [0.1, 0.15) is 49.9 Å². The van der Waals surface area contributed by atoms with E-state index in [9.17, 15) is 0 Å². The largest absolute Gasteiger partial charge is 0.456 e. The van der Waals surface area contributed by atoms with Gasteiger partial charge in [-0.1, -0.05) is 179 Å². The third kappa shape index (κ3) is 5.80. The van der Waals surface area contributed by atoms with Crippen molar-refractivity contribution in [1.29, 1.82) is 0 Å². The first-order valence-electron chi connectivity index (χ1n) is 24.1. The molecule has 0 spiro atoms. The fraction of sp³-hybridized carbons (Fsp3) is 0.0909. The number of hydrogen-bond donors (Lipinski definition) is 0. The van der Waals surface area contributed by atoms with Gasteiger partial charge < -0.3 is 13.7 Å². The van der Waals surface area contributed by atoms with Crippen LogP contribution in [0.15, 0.2) is 221 Å². The molecule has 14 rings (SSSR count). The lowest BCUT2D eigenvalue weighted by Crippen LogP contribution is -2.20. The maximum atomic E-state index is 6.49. The summed E-state index contributed by atoms with van der Waals surface area (Å²) in [5.41, 5.74) is 24.3. The standard InChI is InChI=1S/C66H47NO2/c1-65(2)56-37-31-42(38-54(56)49-36-30-43(39-57(49)65)47-18-11-20-52-50-15-6-9-23-59(50)69-64(47)52)40-26-32-44(33-27-40)67(58-22-12-19-51-48-14-5-8-21-55(48)66(3,4)63(51)58)45-34-28-41(29-35-45)46-17-13-25-61-62(46)53-16-7-10-24-60(53)68-61/h5-39H,1-4H3. The van der Waals surface area contributed by atoms with Crippen LogP contribution in [0.25, 0.3) is 99.5 Å². The third-order valence-electron chi connectivity index (χ3n) is 15.5. The Morgan fingerprint density at radius 2 is 0.899 bits per heavy atom. The van der Waals surface area contributed by atoms with Gasteiger partial charge in [0.15, 0.2) is 0 Å². The predicted octanol–water partition coefficient (Wildman–Crippen LogP) is 18.6. The van der Waals surface area contributed by atoms with Crippen molar-refractivity contribution in [2.24, 2.45) is 0 Å². The summed E-state index contributed by atoms with van der Waals surface area (Å²) in [5, 5.41) is 4.58. The first kappa shape index (κ1) is 39.7. The van der Waals surface area contributed by atoms with Gasteiger partial charge in [0, 0.05) is 49.3 Å². The molecule has 0 saturated carbocycles. The highest BCUT2D eigenvalue weighted by atomic mass is 16.3. The van der Waals surface area contributed by atoms with E-state index in [4.69, 9.17) is 8.83 Å². The summed E-state index contributed by atoms with van der Waals surface area (Å²) in [6.45, 7) is 9.46. The van der Waals surface area contributed by atoms with E-state index in [1.54, 1.807) is 0 Å². The molecule has 0 fully saturated rings. The van der Waals surface area contributed by atoms with Crippen LogP contribution in [0.4, 0.5) is 17.1 Å². The molecule has 328 valence electrons. The second-order valence-corrected chi connectivity index (χ2v) is 20.0. The second kappa shape index (κ2) is 14.6. The van der Waals surface area contributed by atoms with E-state index >= 15 is 0 Å². The molecule has 2 aromatic heterocycles. The Balaban J connectivity index is 0.855. The number of furan rings is 2. The molecule has 0 aliphatic heterocycles. The highest BCUT2D eigenvalue weighted by molar-refractivity contribution is 6.13. The molecule has 0 unspecified atom stereocenters. The van der Waals surface area contributed by atoms with Crippen LogP contribution in [0, 0.1) is 0 Å². The number of benzene rings is 10. The van der Waals surface area contributed by atoms with Crippen molar-refractivity contribution < 1.29 is 8.83 Å². The molecule has 2 heterocycles. The molecule has 69 heavy (non-hydrogen) atoms. The molecule has 0 amide bonds. The van der Waals surface area contributed by atoms with Crippen LogP contribution in [0.5, 0.6) is 0 Å². The van der Waals surface area contributed by atoms with Gasteiger partial charge in [-0.3, -0.25) is 0 Å². The van der Waals surface area contributed by atoms with Crippen LogP contribution in [0.3, 0.4) is 0 Å². The minimum atomic E-state index is -0.200. The summed E-state index contributed by atoms with van der Waals surface area (Å²) in [6, 6.07) is 77.6. The Morgan fingerprint density at radius 3 is 1.71 bits per heavy atom. The van der Waals surface area contributed by atoms with E-state index in [1.165, 1.54) is 66.9 Å². The Kier molecular flexibility index (Phi) is 8.38. The van der Waals surface area contributed by atoms with Crippen molar-refractivity contribution in [1.82, 2.24) is 0 Å². The zero-order valence-electron chi connectivity index (χ0n) is 39.0. The van der Waals surface area contributed by atoms with Crippen molar-refractivity contribution in [3.05, 3.63) is 235 Å². The van der Waals surface area contributed by atoms with Crippen LogP contribution < -0.4 is 4.90 Å². The average molecular weight is 886 g/mol. The van der Waals surface area contributed by atoms with Crippen LogP contribution in [-0.2, 0) is 10.8 Å². The van der Waals surface area contributed by atoms with E-state index < -0.39 is 0 Å². The van der Waals surface area contributed by atoms with Crippen molar-refractivity contribution in [2.45, 2.75) is 38.5 Å². The molecule has 3 nitrogen and oxygen atoms in total. The van der Waals surface area contributed by atoms with Gasteiger partial charge >= 0.3 is 0 Å². The van der Waals surface area contributed by atoms with Crippen LogP contribution in [-0.4, -0.2) is 0 Å². The molecule has 0 radical (unpaired) electrons. The summed E-state index contributed by atoms with van der Waals surface area (Å²) < 4.78 is 12.8. The Bertz CT molecular complexity index is 4070. The molecule has 0 bridgehead atoms. The number of para-hydroxylation sites is 3. The summed E-state index contributed by atoms with van der Waals surface area (Å²) in [6.07, 6.45) is 0. The molecule has 2 aliphatic rings. The van der Waals surface area contributed by atoms with Gasteiger partial charge in [-0.2, -0.15) is 0 Å². The molecule has 12 aromatic rings. The molecular formula is C66H47NO2. The monoisotopic (exact) mass is 885 g/mol. The molecule has 0 atom stereocenters. The summed E-state index contributed by atoms with van der Waals surface area (Å²) >= 11 is 0. The lowest BCUT2D eigenvalue weighted by atomic mass is 9.81. The SMILES string of the molecule is CC1(C)c2ccc(-c3ccc(N(c4ccc(-c5cccc6oc7ccccc7c56)cc4)c4cccc5c4C(C)(C)c4ccccc4-5)cc3)cc2-c2ccc(-c3cccc4c3oc3ccccc34)cc21. The fourth-order valence-corrected chi connectivity index (χ4v) is 12.1. The molecule has 10 aromatic carbocycles. The zero-order valence-corrected chi connectivity index (χ0v) is 39.0. The third-order valence-corrected chi connectivity index (χ3v) is 15.5. The maximum absolute atomic E-state index is 6.49. The van der Waals surface area contributed by atoms with Gasteiger partial charge in [-0.05, 0) is 133 Å². The van der Waals surface area contributed by atoms with Gasteiger partial charge in [-0.25, -0.2) is 0 Å². The van der Waals surface area contributed by atoms with Crippen LogP contribution >= 0.6 is 0 Å². The lowest BCUT2D eigenvalue weighted by molar-refractivity contribution is 0.660. The van der Waals surface area contributed by atoms with Gasteiger partial charge in [-0.15, -0.1) is 0 Å². The topological polar surface area (TPSA) is 29.5 Å². The fourth-order valence-electron chi connectivity index (χ4n) is 12.1. The van der Waals surface area contributed by atoms with Crippen molar-refractivity contribution in [2.75, 3.05) is 4.90 Å². The predicted molar refractivity (Wildman–Crippen MR) is 287 cm³/mol. The molecular weight excluding hydrogens is 839 g/mol. The van der Waals surface area contributed by atoms with Gasteiger partial charge in [0.25, 0.3) is 0 Å². The van der Waals surface area contributed by atoms with E-state index in [-0.39, 0.29) is 10.8 Å². The van der Waals surface area contributed by atoms with Crippen molar-refractivity contribution >= 4 is 60.9 Å². The van der Waals surface area contributed by atoms with Crippen molar-refractivity contribution in [3.63, 3.8) is 0 Å². The Morgan fingerprint density at radius 1 is 0.333 bits per heavy atom. The highest BCUT2D eigenvalue weighted by Gasteiger charge is 2.39. The molecule has 0 N–H and O–H groups in total. The number of hydrogen-bond acceptors (Lipinski definition) is 3. The van der Waals surface area contributed by atoms with E-state index in [1.807, 2.05) is 12.1 Å². The number of fused-ring (bicyclic) bond motifs is 12. The lowest BCUT2D eigenvalue weighted by Gasteiger charge is -2.32. The highest BCUT2D eigenvalue weighted by Crippen LogP contribution is 2.55. The molecule has 0 saturated heterocycles. The number of nitrogens with zero attached hydrogens (tertiary/aromatic N) is 1. The smallest absolute Gasteiger partial charge is 0.143 e. The number of rotatable bonds is 6. The Labute approximate surface area is 401 Å². The Hall–Kier alpha value is -8.40. The minimum absolute atomic E-state index is 0.164. The second-order valence-electron chi connectivity index (χ2n) is 20.0. The average Bonchev–Trinajstić information content (AvgIpc) is 4.09. The van der Waals surface area contributed by atoms with E-state index in [2.05, 4.69) is 233 Å². The van der Waals surface area contributed by atoms with Gasteiger partial charge in [0.2, 0.25) is 0 Å². The summed E-state index contributed by atoms with van der Waals surface area (Å²) in [5.74, 6) is 0. The maximum Gasteiger partial charge on any atom is 0.143 e. The minimum Gasteiger partial charge on any atom is -0.456 e. The molecule has 3 heteroatoms. The van der Waals surface area contributed by atoms with E-state index in [0.717, 1.165) is 71.9 Å². The summed E-state index contributed by atoms with van der Waals surface area (Å²) in [4.78, 5) is 2.46. The van der Waals surface area contributed by atoms with Crippen molar-refractivity contribution in [3.8, 4) is 55.6 Å². The van der Waals surface area contributed by atoms with Gasteiger partial charge in [0.05, 0.1) is 5.69 Å².